The molecule has 1 fully saturated rings. The number of esters is 1. The number of carbonyl (C=O) groups is 3. The van der Waals surface area contributed by atoms with E-state index in [-0.39, 0.29) is 12.8 Å². The number of ether oxygens (including phenoxy) is 3. The number of primary amides is 1. The second-order valence-electron chi connectivity index (χ2n) is 12.3. The number of nitrogens with one attached hydrogen (secondary N) is 1. The van der Waals surface area contributed by atoms with E-state index >= 15 is 0 Å². The summed E-state index contributed by atoms with van der Waals surface area (Å²) >= 11 is 0. The summed E-state index contributed by atoms with van der Waals surface area (Å²) in [6.07, 6.45) is 5.89. The van der Waals surface area contributed by atoms with E-state index in [0.29, 0.717) is 24.6 Å². The van der Waals surface area contributed by atoms with Crippen molar-refractivity contribution in [2.45, 2.75) is 89.8 Å². The zero-order valence-electron chi connectivity index (χ0n) is 25.0. The number of hydrogen-bond donors (Lipinski definition) is 2. The summed E-state index contributed by atoms with van der Waals surface area (Å²) < 4.78 is 19.5. The van der Waals surface area contributed by atoms with Gasteiger partial charge < -0.3 is 29.8 Å². The SMILES string of the molecule is COc1ccc2c(c1)OCCn1c-2c(C2CCCCC2)c2ccc(C(=O)N[C@@H](CCC(N)=O)C(=O)OC(C)(C)C)cc21. The number of rotatable bonds is 8. The Morgan fingerprint density at radius 1 is 1.10 bits per heavy atom. The molecule has 224 valence electrons. The van der Waals surface area contributed by atoms with Crippen LogP contribution in [0.3, 0.4) is 0 Å². The van der Waals surface area contributed by atoms with Gasteiger partial charge in [-0.15, -0.1) is 0 Å². The molecule has 1 atom stereocenters. The quantitative estimate of drug-likeness (QED) is 0.344. The number of carbonyl (C=O) groups excluding carboxylic acids is 3. The zero-order valence-corrected chi connectivity index (χ0v) is 25.0. The first-order chi connectivity index (χ1) is 20.1. The lowest BCUT2D eigenvalue weighted by molar-refractivity contribution is -0.157. The summed E-state index contributed by atoms with van der Waals surface area (Å²) in [5.41, 5.74) is 9.44. The first kappa shape index (κ1) is 29.5. The third-order valence-electron chi connectivity index (χ3n) is 8.07. The lowest BCUT2D eigenvalue weighted by Crippen LogP contribution is -2.44. The van der Waals surface area contributed by atoms with Gasteiger partial charge in [0.2, 0.25) is 5.91 Å². The molecule has 3 aromatic rings. The Hall–Kier alpha value is -4.01. The number of nitrogens with zero attached hydrogens (tertiary/aromatic N) is 1. The maximum absolute atomic E-state index is 13.5. The molecule has 9 nitrogen and oxygen atoms in total. The van der Waals surface area contributed by atoms with Crippen LogP contribution in [0.1, 0.15) is 87.6 Å². The van der Waals surface area contributed by atoms with Crippen LogP contribution in [0.5, 0.6) is 11.5 Å². The standard InChI is InChI=1S/C33H41N3O6/c1-33(2,3)42-32(39)25(14-15-28(34)37)35-31(38)21-10-12-23-26(18-21)36-16-17-41-27-19-22(40-4)11-13-24(27)30(36)29(23)20-8-6-5-7-9-20/h10-13,18-20,25H,5-9,14-17H2,1-4H3,(H2,34,37)(H,35,38)/t25-/m0/s1. The van der Waals surface area contributed by atoms with Crippen LogP contribution in [0.25, 0.3) is 22.2 Å². The highest BCUT2D eigenvalue weighted by atomic mass is 16.6. The molecule has 0 bridgehead atoms. The van der Waals surface area contributed by atoms with Crippen LogP contribution >= 0.6 is 0 Å². The Morgan fingerprint density at radius 3 is 2.55 bits per heavy atom. The maximum atomic E-state index is 13.5. The molecule has 0 radical (unpaired) electrons. The summed E-state index contributed by atoms with van der Waals surface area (Å²) in [5.74, 6) is 0.384. The van der Waals surface area contributed by atoms with Crippen molar-refractivity contribution in [3.63, 3.8) is 0 Å². The van der Waals surface area contributed by atoms with E-state index < -0.39 is 29.4 Å². The lowest BCUT2D eigenvalue weighted by Gasteiger charge is -2.24. The minimum absolute atomic E-state index is 0.0512. The molecule has 0 unspecified atom stereocenters. The second kappa shape index (κ2) is 12.1. The fraction of sp³-hybridized carbons (Fsp3) is 0.485. The Balaban J connectivity index is 1.56. The molecule has 1 aliphatic carbocycles. The van der Waals surface area contributed by atoms with Gasteiger partial charge in [-0.2, -0.15) is 0 Å². The number of nitrogens with two attached hydrogens (primary N) is 1. The van der Waals surface area contributed by atoms with Crippen molar-refractivity contribution in [3.8, 4) is 22.8 Å². The van der Waals surface area contributed by atoms with Crippen LogP contribution in [0.2, 0.25) is 0 Å². The Labute approximate surface area is 246 Å². The van der Waals surface area contributed by atoms with Gasteiger partial charge in [0.25, 0.3) is 5.91 Å². The summed E-state index contributed by atoms with van der Waals surface area (Å²) in [4.78, 5) is 37.9. The first-order valence-electron chi connectivity index (χ1n) is 14.8. The van der Waals surface area contributed by atoms with E-state index in [0.717, 1.165) is 46.5 Å². The fourth-order valence-corrected chi connectivity index (χ4v) is 6.19. The predicted octanol–water partition coefficient (Wildman–Crippen LogP) is 5.46. The van der Waals surface area contributed by atoms with Gasteiger partial charge in [-0.3, -0.25) is 9.59 Å². The largest absolute Gasteiger partial charge is 0.497 e. The second-order valence-corrected chi connectivity index (χ2v) is 12.3. The topological polar surface area (TPSA) is 122 Å². The predicted molar refractivity (Wildman–Crippen MR) is 161 cm³/mol. The van der Waals surface area contributed by atoms with Gasteiger partial charge >= 0.3 is 5.97 Å². The molecule has 2 aromatic carbocycles. The third-order valence-corrected chi connectivity index (χ3v) is 8.07. The molecule has 42 heavy (non-hydrogen) atoms. The van der Waals surface area contributed by atoms with Gasteiger partial charge in [0.05, 0.1) is 19.3 Å². The smallest absolute Gasteiger partial charge is 0.329 e. The molecule has 1 saturated carbocycles. The molecule has 2 amide bonds. The van der Waals surface area contributed by atoms with Gasteiger partial charge in [-0.1, -0.05) is 25.3 Å². The molecule has 2 heterocycles. The highest BCUT2D eigenvalue weighted by Crippen LogP contribution is 2.47. The fourth-order valence-electron chi connectivity index (χ4n) is 6.19. The maximum Gasteiger partial charge on any atom is 0.329 e. The van der Waals surface area contributed by atoms with Gasteiger partial charge in [0.15, 0.2) is 0 Å². The molecule has 5 rings (SSSR count). The number of benzene rings is 2. The van der Waals surface area contributed by atoms with Gasteiger partial charge in [-0.05, 0) is 75.8 Å². The number of hydrogen-bond acceptors (Lipinski definition) is 6. The van der Waals surface area contributed by atoms with E-state index in [1.807, 2.05) is 30.3 Å². The van der Waals surface area contributed by atoms with E-state index in [9.17, 15) is 14.4 Å². The average molecular weight is 576 g/mol. The minimum Gasteiger partial charge on any atom is -0.497 e. The average Bonchev–Trinajstić information content (AvgIpc) is 3.15. The number of methoxy groups -OCH3 is 1. The van der Waals surface area contributed by atoms with E-state index in [4.69, 9.17) is 19.9 Å². The van der Waals surface area contributed by atoms with Crippen LogP contribution in [-0.2, 0) is 20.9 Å². The Kier molecular flexibility index (Phi) is 8.48. The Morgan fingerprint density at radius 2 is 1.86 bits per heavy atom. The molecular weight excluding hydrogens is 534 g/mol. The number of amides is 2. The van der Waals surface area contributed by atoms with Crippen molar-refractivity contribution in [2.75, 3.05) is 13.7 Å². The summed E-state index contributed by atoms with van der Waals surface area (Å²) in [5, 5.41) is 3.93. The summed E-state index contributed by atoms with van der Waals surface area (Å²) in [6, 6.07) is 10.7. The first-order valence-corrected chi connectivity index (χ1v) is 14.8. The monoisotopic (exact) mass is 575 g/mol. The molecular formula is C33H41N3O6. The molecule has 1 aromatic heterocycles. The number of aromatic nitrogens is 1. The molecule has 2 aliphatic rings. The molecule has 9 heteroatoms. The normalized spacial score (nSPS) is 16.0. The van der Waals surface area contributed by atoms with Gasteiger partial charge in [0.1, 0.15) is 29.7 Å². The van der Waals surface area contributed by atoms with E-state index in [2.05, 4.69) is 16.0 Å². The third kappa shape index (κ3) is 6.25. The van der Waals surface area contributed by atoms with Crippen molar-refractivity contribution in [3.05, 3.63) is 47.5 Å². The summed E-state index contributed by atoms with van der Waals surface area (Å²) in [6.45, 7) is 6.37. The zero-order chi connectivity index (χ0) is 30.0. The van der Waals surface area contributed by atoms with Crippen LogP contribution in [0, 0.1) is 0 Å². The highest BCUT2D eigenvalue weighted by Gasteiger charge is 2.31. The molecule has 3 N–H and O–H groups in total. The molecule has 0 saturated heterocycles. The van der Waals surface area contributed by atoms with E-state index in [1.165, 1.54) is 24.8 Å². The lowest BCUT2D eigenvalue weighted by atomic mass is 9.81. The van der Waals surface area contributed by atoms with Gasteiger partial charge in [-0.25, -0.2) is 4.79 Å². The minimum atomic E-state index is -1.00. The van der Waals surface area contributed by atoms with Gasteiger partial charge in [0, 0.05) is 34.5 Å². The van der Waals surface area contributed by atoms with Crippen LogP contribution in [0.4, 0.5) is 0 Å². The molecule has 0 spiro atoms. The van der Waals surface area contributed by atoms with Crippen molar-refractivity contribution in [1.82, 2.24) is 9.88 Å². The van der Waals surface area contributed by atoms with Crippen LogP contribution < -0.4 is 20.5 Å². The Bertz CT molecular complexity index is 1500. The number of fused-ring (bicyclic) bond motifs is 5. The van der Waals surface area contributed by atoms with Crippen LogP contribution in [0.15, 0.2) is 36.4 Å². The highest BCUT2D eigenvalue weighted by molar-refractivity contribution is 6.02. The van der Waals surface area contributed by atoms with E-state index in [1.54, 1.807) is 27.9 Å². The van der Waals surface area contributed by atoms with Crippen molar-refractivity contribution in [1.29, 1.82) is 0 Å². The van der Waals surface area contributed by atoms with Crippen molar-refractivity contribution < 1.29 is 28.6 Å². The van der Waals surface area contributed by atoms with Crippen molar-refractivity contribution in [2.24, 2.45) is 5.73 Å². The van der Waals surface area contributed by atoms with Crippen LogP contribution in [-0.4, -0.2) is 47.7 Å². The van der Waals surface area contributed by atoms with Crippen molar-refractivity contribution >= 4 is 28.7 Å². The summed E-state index contributed by atoms with van der Waals surface area (Å²) in [7, 11) is 1.65. The molecule has 1 aliphatic heterocycles.